The molecule has 1 unspecified atom stereocenters. The fourth-order valence-electron chi connectivity index (χ4n) is 4.93. The third-order valence-electron chi connectivity index (χ3n) is 6.80. The number of carboxylic acid groups (broad SMARTS) is 1. The molecule has 1 aromatic carbocycles. The number of likely N-dealkylation sites (N-methyl/N-ethyl adjacent to an activating group) is 1. The molecule has 3 rings (SSSR count). The van der Waals surface area contributed by atoms with E-state index < -0.39 is 56.6 Å². The van der Waals surface area contributed by atoms with Gasteiger partial charge in [0, 0.05) is 26.2 Å². The van der Waals surface area contributed by atoms with E-state index in [0.29, 0.717) is 31.4 Å². The van der Waals surface area contributed by atoms with Crippen molar-refractivity contribution in [1.29, 1.82) is 0 Å². The van der Waals surface area contributed by atoms with Crippen LogP contribution < -0.4 is 5.32 Å². The van der Waals surface area contributed by atoms with Crippen molar-refractivity contribution in [3.8, 4) is 0 Å². The maximum Gasteiger partial charge on any atom is 0.419 e. The van der Waals surface area contributed by atoms with Gasteiger partial charge in [-0.05, 0) is 55.2 Å². The van der Waals surface area contributed by atoms with Gasteiger partial charge in [-0.2, -0.15) is 17.5 Å². The second kappa shape index (κ2) is 9.92. The third-order valence-corrected chi connectivity index (χ3v) is 8.63. The zero-order chi connectivity index (χ0) is 26.3. The first-order valence-corrected chi connectivity index (χ1v) is 12.7. The van der Waals surface area contributed by atoms with Gasteiger partial charge in [0.05, 0.1) is 10.5 Å². The van der Waals surface area contributed by atoms with Gasteiger partial charge in [-0.1, -0.05) is 13.8 Å². The molecule has 1 aliphatic carbocycles. The molecule has 2 fully saturated rings. The lowest BCUT2D eigenvalue weighted by molar-refractivity contribution is -0.140. The fraction of sp³-hybridized carbons (Fsp3) is 0.636. The minimum atomic E-state index is -5.04. The van der Waals surface area contributed by atoms with Gasteiger partial charge in [-0.25, -0.2) is 17.6 Å². The molecule has 196 valence electrons. The Morgan fingerprint density at radius 2 is 1.89 bits per heavy atom. The third kappa shape index (κ3) is 5.71. The highest BCUT2D eigenvalue weighted by molar-refractivity contribution is 7.89. The number of fused-ring (bicyclic) bond motifs is 1. The summed E-state index contributed by atoms with van der Waals surface area (Å²) in [5.41, 5.74) is -1.65. The highest BCUT2D eigenvalue weighted by Crippen LogP contribution is 2.41. The summed E-state index contributed by atoms with van der Waals surface area (Å²) in [6, 6.07) is 0.293. The van der Waals surface area contributed by atoms with Crippen LogP contribution in [0.4, 0.5) is 22.4 Å². The molecule has 2 amide bonds. The summed E-state index contributed by atoms with van der Waals surface area (Å²) >= 11 is 0. The maximum absolute atomic E-state index is 13.6. The van der Waals surface area contributed by atoms with Crippen LogP contribution >= 0.6 is 0 Å². The Kier molecular flexibility index (Phi) is 7.70. The van der Waals surface area contributed by atoms with Gasteiger partial charge in [0.15, 0.2) is 0 Å². The lowest BCUT2D eigenvalue weighted by Gasteiger charge is -2.29. The predicted molar refractivity (Wildman–Crippen MR) is 117 cm³/mol. The fourth-order valence-corrected chi connectivity index (χ4v) is 6.49. The zero-order valence-corrected chi connectivity index (χ0v) is 20.4. The molecule has 1 heterocycles. The van der Waals surface area contributed by atoms with Crippen LogP contribution in [-0.2, 0) is 21.0 Å². The van der Waals surface area contributed by atoms with Crippen LogP contribution in [0.15, 0.2) is 23.1 Å². The van der Waals surface area contributed by atoms with Crippen molar-refractivity contribution in [3.05, 3.63) is 29.6 Å². The van der Waals surface area contributed by atoms with Crippen LogP contribution in [0.25, 0.3) is 0 Å². The van der Waals surface area contributed by atoms with Gasteiger partial charge >= 0.3 is 12.3 Å². The van der Waals surface area contributed by atoms with E-state index in [1.807, 2.05) is 13.8 Å². The number of nitrogens with zero attached hydrogens (tertiary/aromatic N) is 2. The summed E-state index contributed by atoms with van der Waals surface area (Å²) in [4.78, 5) is 24.7. The molecule has 4 atom stereocenters. The van der Waals surface area contributed by atoms with E-state index in [-0.39, 0.29) is 30.8 Å². The summed E-state index contributed by atoms with van der Waals surface area (Å²) in [5.74, 6) is -2.36. The monoisotopic (exact) mass is 523 g/mol. The number of benzene rings is 1. The molecule has 1 aromatic rings. The van der Waals surface area contributed by atoms with Crippen molar-refractivity contribution in [1.82, 2.24) is 14.5 Å². The van der Waals surface area contributed by atoms with E-state index in [4.69, 9.17) is 0 Å². The zero-order valence-electron chi connectivity index (χ0n) is 19.5. The molecule has 1 aliphatic heterocycles. The van der Waals surface area contributed by atoms with Gasteiger partial charge in [0.2, 0.25) is 15.9 Å². The van der Waals surface area contributed by atoms with Gasteiger partial charge in [-0.3, -0.25) is 9.69 Å². The number of hydrogen-bond donors (Lipinski definition) is 2. The number of carbonyl (C=O) groups excluding carboxylic acids is 1. The highest BCUT2D eigenvalue weighted by Gasteiger charge is 2.47. The Bertz CT molecular complexity index is 1080. The Hall–Kier alpha value is -2.41. The van der Waals surface area contributed by atoms with Crippen molar-refractivity contribution in [3.63, 3.8) is 0 Å². The SMILES string of the molecule is CC(C)CC(C(=O)N[C@@H]1CC[C@H]2CN(S(=O)(=O)c3ccc(F)c(C(F)(F)F)c3)C[C@H]21)N(C)C(=O)O. The van der Waals surface area contributed by atoms with Gasteiger partial charge < -0.3 is 10.4 Å². The van der Waals surface area contributed by atoms with Crippen LogP contribution in [0, 0.1) is 23.6 Å². The number of amides is 2. The highest BCUT2D eigenvalue weighted by atomic mass is 32.2. The number of hydrogen-bond acceptors (Lipinski definition) is 4. The first-order chi connectivity index (χ1) is 16.1. The molecule has 1 saturated carbocycles. The number of alkyl halides is 3. The van der Waals surface area contributed by atoms with Crippen LogP contribution in [0.5, 0.6) is 0 Å². The maximum atomic E-state index is 13.6. The van der Waals surface area contributed by atoms with E-state index in [2.05, 4.69) is 5.32 Å². The lowest BCUT2D eigenvalue weighted by atomic mass is 9.96. The topological polar surface area (TPSA) is 107 Å². The van der Waals surface area contributed by atoms with Crippen LogP contribution in [-0.4, -0.2) is 67.0 Å². The number of rotatable bonds is 7. The first kappa shape index (κ1) is 27.2. The minimum absolute atomic E-state index is 0.0136. The van der Waals surface area contributed by atoms with Crippen molar-refractivity contribution in [2.45, 2.75) is 56.3 Å². The molecule has 0 aromatic heterocycles. The van der Waals surface area contributed by atoms with Crippen LogP contribution in [0.1, 0.15) is 38.7 Å². The molecule has 35 heavy (non-hydrogen) atoms. The second-order valence-electron chi connectivity index (χ2n) is 9.62. The smallest absolute Gasteiger partial charge is 0.419 e. The molecule has 13 heteroatoms. The van der Waals surface area contributed by atoms with E-state index in [9.17, 15) is 40.7 Å². The summed E-state index contributed by atoms with van der Waals surface area (Å²) < 4.78 is 80.0. The number of nitrogens with one attached hydrogen (secondary N) is 1. The van der Waals surface area contributed by atoms with E-state index >= 15 is 0 Å². The molecule has 1 saturated heterocycles. The predicted octanol–water partition coefficient (Wildman–Crippen LogP) is 3.38. The Labute approximate surface area is 201 Å². The Morgan fingerprint density at radius 1 is 1.23 bits per heavy atom. The molecular weight excluding hydrogens is 494 g/mol. The lowest BCUT2D eigenvalue weighted by Crippen LogP contribution is -2.51. The quantitative estimate of drug-likeness (QED) is 0.533. The van der Waals surface area contributed by atoms with Crippen molar-refractivity contribution >= 4 is 22.0 Å². The Balaban J connectivity index is 1.76. The largest absolute Gasteiger partial charge is 0.465 e. The van der Waals surface area contributed by atoms with Gasteiger partial charge in [-0.15, -0.1) is 0 Å². The standard InChI is InChI=1S/C22H29F4N3O5S/c1-12(2)8-19(28(3)21(31)32)20(30)27-18-7-4-13-10-29(11-15(13)18)35(33,34)14-5-6-17(23)16(9-14)22(24,25)26/h5-6,9,12-13,15,18-19H,4,7-8,10-11H2,1-3H3,(H,27,30)(H,31,32)/t13-,15+,18+,19?/m0/s1. The van der Waals surface area contributed by atoms with Gasteiger partial charge in [0.25, 0.3) is 0 Å². The molecular formula is C22H29F4N3O5S. The van der Waals surface area contributed by atoms with Gasteiger partial charge in [0.1, 0.15) is 11.9 Å². The summed E-state index contributed by atoms with van der Waals surface area (Å²) in [6.45, 7) is 3.78. The van der Waals surface area contributed by atoms with Crippen LogP contribution in [0.2, 0.25) is 0 Å². The average Bonchev–Trinajstić information content (AvgIpc) is 3.33. The van der Waals surface area contributed by atoms with Crippen LogP contribution in [0.3, 0.4) is 0 Å². The normalized spacial score (nSPS) is 23.8. The second-order valence-corrected chi connectivity index (χ2v) is 11.6. The number of halogens is 4. The minimum Gasteiger partial charge on any atom is -0.465 e. The van der Waals surface area contributed by atoms with E-state index in [0.717, 1.165) is 15.3 Å². The van der Waals surface area contributed by atoms with Crippen molar-refractivity contribution in [2.75, 3.05) is 20.1 Å². The van der Waals surface area contributed by atoms with Crippen molar-refractivity contribution < 1.29 is 40.7 Å². The molecule has 2 aliphatic rings. The molecule has 0 spiro atoms. The van der Waals surface area contributed by atoms with E-state index in [1.54, 1.807) is 0 Å². The summed E-state index contributed by atoms with van der Waals surface area (Å²) in [7, 11) is -3.01. The number of sulfonamides is 1. The Morgan fingerprint density at radius 3 is 2.46 bits per heavy atom. The molecule has 0 radical (unpaired) electrons. The molecule has 2 N–H and O–H groups in total. The van der Waals surface area contributed by atoms with Crippen molar-refractivity contribution in [2.24, 2.45) is 17.8 Å². The summed E-state index contributed by atoms with van der Waals surface area (Å²) in [5, 5.41) is 12.2. The molecule has 0 bridgehead atoms. The first-order valence-electron chi connectivity index (χ1n) is 11.3. The van der Waals surface area contributed by atoms with E-state index in [1.165, 1.54) is 7.05 Å². The number of carbonyl (C=O) groups is 2. The average molecular weight is 524 g/mol. The summed E-state index contributed by atoms with van der Waals surface area (Å²) in [6.07, 6.45) is -4.80. The molecule has 8 nitrogen and oxygen atoms in total.